The van der Waals surface area contributed by atoms with Gasteiger partial charge in [-0.3, -0.25) is 4.57 Å². The van der Waals surface area contributed by atoms with Crippen molar-refractivity contribution in [2.45, 2.75) is 32.0 Å². The van der Waals surface area contributed by atoms with Crippen LogP contribution in [0.4, 0.5) is 22.4 Å². The Morgan fingerprint density at radius 2 is 1.87 bits per heavy atom. The number of amides is 1. The molecule has 1 atom stereocenters. The van der Waals surface area contributed by atoms with Crippen LogP contribution in [0.15, 0.2) is 53.3 Å². The maximum Gasteiger partial charge on any atom is 0.416 e. The molecule has 3 N–H and O–H groups in total. The number of aliphatic hydroxyl groups excluding tert-OH is 1. The molecule has 200 valence electrons. The predicted octanol–water partition coefficient (Wildman–Crippen LogP) is 2.65. The van der Waals surface area contributed by atoms with Gasteiger partial charge in [0.2, 0.25) is 0 Å². The van der Waals surface area contributed by atoms with Gasteiger partial charge < -0.3 is 15.6 Å². The standard InChI is InChI=1S/C22H18ClF4N7O4/c23-13-6-4-12(5-7-13)19-31-33(21(37)32(19)9-16(35)22(25,26)27)10-17-29-18(11-38-20(28)36)34(30-17)15-3-1-2-14(24)8-15/h1-8,16,35H,9-11H2,(H2,28,36)/t16-/m0/s1. The summed E-state index contributed by atoms with van der Waals surface area (Å²) in [6, 6.07) is 11.0. The number of alkyl halides is 3. The Morgan fingerprint density at radius 3 is 2.50 bits per heavy atom. The minimum atomic E-state index is -4.99. The topological polar surface area (TPSA) is 143 Å². The number of carbonyl (C=O) groups is 1. The summed E-state index contributed by atoms with van der Waals surface area (Å²) >= 11 is 5.89. The molecule has 0 aliphatic heterocycles. The molecule has 1 amide bonds. The van der Waals surface area contributed by atoms with Crippen LogP contribution in [-0.4, -0.2) is 52.6 Å². The normalized spacial score (nSPS) is 12.5. The van der Waals surface area contributed by atoms with E-state index in [-0.39, 0.29) is 28.7 Å². The second-order valence-corrected chi connectivity index (χ2v) is 8.32. The third kappa shape index (κ3) is 6.00. The molecule has 0 aliphatic carbocycles. The first kappa shape index (κ1) is 26.8. The molecule has 2 aromatic carbocycles. The summed E-state index contributed by atoms with van der Waals surface area (Å²) in [7, 11) is 0. The van der Waals surface area contributed by atoms with Gasteiger partial charge in [0.25, 0.3) is 0 Å². The van der Waals surface area contributed by atoms with E-state index in [9.17, 15) is 32.3 Å². The van der Waals surface area contributed by atoms with Crippen LogP contribution in [0.1, 0.15) is 11.6 Å². The third-order valence-corrected chi connectivity index (χ3v) is 5.42. The fourth-order valence-electron chi connectivity index (χ4n) is 3.43. The number of hydrogen-bond donors (Lipinski definition) is 2. The molecule has 0 aliphatic rings. The lowest BCUT2D eigenvalue weighted by Crippen LogP contribution is -2.37. The molecule has 0 unspecified atom stereocenters. The van der Waals surface area contributed by atoms with E-state index in [1.54, 1.807) is 0 Å². The van der Waals surface area contributed by atoms with Crippen LogP contribution < -0.4 is 11.4 Å². The van der Waals surface area contributed by atoms with Crippen LogP contribution in [0.25, 0.3) is 17.1 Å². The van der Waals surface area contributed by atoms with E-state index in [2.05, 4.69) is 15.2 Å². The van der Waals surface area contributed by atoms with Crippen molar-refractivity contribution in [3.8, 4) is 17.1 Å². The Kier molecular flexibility index (Phi) is 7.50. The van der Waals surface area contributed by atoms with Crippen LogP contribution in [-0.2, 0) is 24.4 Å². The number of carbonyl (C=O) groups excluding carboxylic acids is 1. The first-order valence-electron chi connectivity index (χ1n) is 10.7. The molecule has 2 heterocycles. The van der Waals surface area contributed by atoms with E-state index in [1.165, 1.54) is 42.5 Å². The minimum Gasteiger partial charge on any atom is -0.441 e. The first-order chi connectivity index (χ1) is 17.9. The van der Waals surface area contributed by atoms with Gasteiger partial charge in [0, 0.05) is 10.6 Å². The second-order valence-electron chi connectivity index (χ2n) is 7.88. The first-order valence-corrected chi connectivity index (χ1v) is 11.1. The van der Waals surface area contributed by atoms with Crippen LogP contribution >= 0.6 is 11.6 Å². The molecule has 0 saturated carbocycles. The lowest BCUT2D eigenvalue weighted by Gasteiger charge is -2.15. The SMILES string of the molecule is NC(=O)OCc1nc(Cn2nc(-c3ccc(Cl)cc3)n(C[C@H](O)C(F)(F)F)c2=O)nn1-c1cccc(F)c1. The number of aliphatic hydroxyl groups is 1. The Labute approximate surface area is 215 Å². The van der Waals surface area contributed by atoms with E-state index >= 15 is 0 Å². The third-order valence-electron chi connectivity index (χ3n) is 5.16. The number of rotatable bonds is 8. The van der Waals surface area contributed by atoms with Gasteiger partial charge in [-0.25, -0.2) is 28.3 Å². The Balaban J connectivity index is 1.75. The van der Waals surface area contributed by atoms with Crippen molar-refractivity contribution >= 4 is 17.7 Å². The number of halogens is 5. The van der Waals surface area contributed by atoms with Crippen molar-refractivity contribution in [2.75, 3.05) is 0 Å². The predicted molar refractivity (Wildman–Crippen MR) is 124 cm³/mol. The summed E-state index contributed by atoms with van der Waals surface area (Å²) in [6.07, 6.45) is -8.93. The molecule has 0 saturated heterocycles. The van der Waals surface area contributed by atoms with Crippen molar-refractivity contribution in [3.05, 3.63) is 81.5 Å². The van der Waals surface area contributed by atoms with Crippen LogP contribution in [0.2, 0.25) is 5.02 Å². The summed E-state index contributed by atoms with van der Waals surface area (Å²) in [5.41, 5.74) is 4.49. The largest absolute Gasteiger partial charge is 0.441 e. The van der Waals surface area contributed by atoms with Crippen molar-refractivity contribution in [1.29, 1.82) is 0 Å². The van der Waals surface area contributed by atoms with E-state index < -0.39 is 49.6 Å². The molecular formula is C22H18ClF4N7O4. The van der Waals surface area contributed by atoms with Gasteiger partial charge in [-0.2, -0.15) is 13.2 Å². The highest BCUT2D eigenvalue weighted by molar-refractivity contribution is 6.30. The highest BCUT2D eigenvalue weighted by atomic mass is 35.5. The van der Waals surface area contributed by atoms with Crippen molar-refractivity contribution in [2.24, 2.45) is 5.73 Å². The maximum atomic E-state index is 13.8. The minimum absolute atomic E-state index is 0.0160. The zero-order valence-corrected chi connectivity index (χ0v) is 19.9. The summed E-state index contributed by atoms with van der Waals surface area (Å²) in [5, 5.41) is 18.3. The molecule has 4 aromatic rings. The highest BCUT2D eigenvalue weighted by Gasteiger charge is 2.39. The van der Waals surface area contributed by atoms with Gasteiger partial charge >= 0.3 is 18.0 Å². The molecule has 4 rings (SSSR count). The smallest absolute Gasteiger partial charge is 0.416 e. The van der Waals surface area contributed by atoms with Gasteiger partial charge in [0.15, 0.2) is 30.2 Å². The van der Waals surface area contributed by atoms with Crippen molar-refractivity contribution in [3.63, 3.8) is 0 Å². The van der Waals surface area contributed by atoms with E-state index in [0.29, 0.717) is 9.59 Å². The lowest BCUT2D eigenvalue weighted by molar-refractivity contribution is -0.207. The lowest BCUT2D eigenvalue weighted by atomic mass is 10.2. The molecule has 0 radical (unpaired) electrons. The van der Waals surface area contributed by atoms with Crippen LogP contribution in [0.5, 0.6) is 0 Å². The number of benzene rings is 2. The summed E-state index contributed by atoms with van der Waals surface area (Å²) in [6.45, 7) is -2.00. The van der Waals surface area contributed by atoms with E-state index in [4.69, 9.17) is 22.1 Å². The number of primary amides is 1. The molecule has 11 nitrogen and oxygen atoms in total. The number of hydrogen-bond acceptors (Lipinski definition) is 7. The Morgan fingerprint density at radius 1 is 1.16 bits per heavy atom. The van der Waals surface area contributed by atoms with Gasteiger partial charge in [-0.05, 0) is 42.5 Å². The van der Waals surface area contributed by atoms with Gasteiger partial charge in [-0.15, -0.1) is 10.2 Å². The highest BCUT2D eigenvalue weighted by Crippen LogP contribution is 2.24. The van der Waals surface area contributed by atoms with Crippen LogP contribution in [0, 0.1) is 5.82 Å². The maximum absolute atomic E-state index is 13.8. The molecule has 0 spiro atoms. The number of aromatic nitrogens is 6. The second kappa shape index (κ2) is 10.6. The summed E-state index contributed by atoms with van der Waals surface area (Å²) < 4.78 is 60.4. The quantitative estimate of drug-likeness (QED) is 0.318. The average Bonchev–Trinajstić information content (AvgIpc) is 3.39. The Bertz CT molecular complexity index is 1520. The number of nitrogens with two attached hydrogens (primary N) is 1. The van der Waals surface area contributed by atoms with Gasteiger partial charge in [0.1, 0.15) is 12.4 Å². The molecule has 16 heteroatoms. The number of ether oxygens (including phenoxy) is 1. The van der Waals surface area contributed by atoms with Crippen LogP contribution in [0.3, 0.4) is 0 Å². The van der Waals surface area contributed by atoms with Crippen molar-refractivity contribution in [1.82, 2.24) is 29.1 Å². The summed E-state index contributed by atoms with van der Waals surface area (Å²) in [4.78, 5) is 28.4. The zero-order chi connectivity index (χ0) is 27.6. The van der Waals surface area contributed by atoms with E-state index in [0.717, 1.165) is 15.4 Å². The number of nitrogens with zero attached hydrogens (tertiary/aromatic N) is 6. The molecule has 0 fully saturated rings. The molecule has 38 heavy (non-hydrogen) atoms. The van der Waals surface area contributed by atoms with Crippen molar-refractivity contribution < 1.29 is 32.2 Å². The van der Waals surface area contributed by atoms with E-state index in [1.807, 2.05) is 0 Å². The zero-order valence-electron chi connectivity index (χ0n) is 19.1. The monoisotopic (exact) mass is 555 g/mol. The van der Waals surface area contributed by atoms with Gasteiger partial charge in [0.05, 0.1) is 12.2 Å². The average molecular weight is 556 g/mol. The fourth-order valence-corrected chi connectivity index (χ4v) is 3.56. The fraction of sp³-hybridized carbons (Fsp3) is 0.227. The molecular weight excluding hydrogens is 538 g/mol. The van der Waals surface area contributed by atoms with Gasteiger partial charge in [-0.1, -0.05) is 17.7 Å². The molecule has 2 aromatic heterocycles. The molecule has 0 bridgehead atoms. The summed E-state index contributed by atoms with van der Waals surface area (Å²) in [5.74, 6) is -0.811. The Hall–Kier alpha value is -4.24.